The van der Waals surface area contributed by atoms with E-state index in [1.54, 1.807) is 0 Å². The number of rotatable bonds is 8. The molecule has 2 aromatic carbocycles. The second kappa shape index (κ2) is 9.63. The first-order valence-corrected chi connectivity index (χ1v) is 11.0. The topological polar surface area (TPSA) is 61.7 Å². The molecule has 1 unspecified atom stereocenters. The Morgan fingerprint density at radius 1 is 1.10 bits per heavy atom. The summed E-state index contributed by atoms with van der Waals surface area (Å²) < 4.78 is 14.4. The van der Waals surface area contributed by atoms with Crippen LogP contribution in [0.5, 0.6) is 5.75 Å². The van der Waals surface area contributed by atoms with E-state index < -0.39 is 0 Å². The Hall–Kier alpha value is -2.06. The van der Waals surface area contributed by atoms with E-state index in [2.05, 4.69) is 48.9 Å². The minimum Gasteiger partial charge on any atom is -0.494 e. The first-order valence-electron chi connectivity index (χ1n) is 10.3. The van der Waals surface area contributed by atoms with Gasteiger partial charge in [-0.1, -0.05) is 24.3 Å². The summed E-state index contributed by atoms with van der Waals surface area (Å²) in [6.07, 6.45) is 0.780. The Morgan fingerprint density at radius 3 is 2.83 bits per heavy atom. The normalized spacial score (nSPS) is 18.3. The molecule has 29 heavy (non-hydrogen) atoms. The smallest absolute Gasteiger partial charge is 0.123 e. The number of aliphatic hydroxyl groups excluding tert-OH is 1. The number of aliphatic hydroxyl groups is 1. The van der Waals surface area contributed by atoms with Gasteiger partial charge in [0.25, 0.3) is 0 Å². The van der Waals surface area contributed by atoms with Gasteiger partial charge in [-0.15, -0.1) is 0 Å². The van der Waals surface area contributed by atoms with Gasteiger partial charge in [0.05, 0.1) is 18.3 Å². The summed E-state index contributed by atoms with van der Waals surface area (Å²) in [5.41, 5.74) is 4.43. The monoisotopic (exact) mass is 412 g/mol. The van der Waals surface area contributed by atoms with Crippen LogP contribution in [0.2, 0.25) is 0 Å². The van der Waals surface area contributed by atoms with Crippen LogP contribution in [-0.4, -0.2) is 62.5 Å². The molecule has 1 N–H and O–H groups in total. The van der Waals surface area contributed by atoms with E-state index in [-0.39, 0.29) is 6.61 Å². The Balaban J connectivity index is 1.43. The molecular weight excluding hydrogens is 384 g/mol. The zero-order valence-corrected chi connectivity index (χ0v) is 17.6. The Morgan fingerprint density at radius 2 is 1.97 bits per heavy atom. The molecule has 1 atom stereocenters. The van der Waals surface area contributed by atoms with Crippen LogP contribution in [0.1, 0.15) is 24.5 Å². The Bertz CT molecular complexity index is 932. The number of nitrogens with zero attached hydrogens (tertiary/aromatic N) is 4. The number of aromatic nitrogens is 2. The lowest BCUT2D eigenvalue weighted by Gasteiger charge is -2.41. The van der Waals surface area contributed by atoms with Crippen LogP contribution in [0.15, 0.2) is 42.5 Å². The third-order valence-corrected chi connectivity index (χ3v) is 6.08. The largest absolute Gasteiger partial charge is 0.494 e. The van der Waals surface area contributed by atoms with Gasteiger partial charge in [0.1, 0.15) is 16.8 Å². The molecule has 1 aromatic heterocycles. The average Bonchev–Trinajstić information content (AvgIpc) is 3.19. The van der Waals surface area contributed by atoms with Gasteiger partial charge in [-0.2, -0.15) is 8.75 Å². The van der Waals surface area contributed by atoms with E-state index in [0.717, 1.165) is 55.9 Å². The highest BCUT2D eigenvalue weighted by atomic mass is 32.1. The molecule has 0 spiro atoms. The molecule has 3 aromatic rings. The maximum atomic E-state index is 9.63. The van der Waals surface area contributed by atoms with E-state index in [1.807, 2.05) is 19.1 Å². The van der Waals surface area contributed by atoms with Gasteiger partial charge < -0.3 is 9.84 Å². The van der Waals surface area contributed by atoms with Crippen molar-refractivity contribution in [2.45, 2.75) is 32.5 Å². The van der Waals surface area contributed by atoms with Crippen molar-refractivity contribution in [3.63, 3.8) is 0 Å². The minimum absolute atomic E-state index is 0.207. The fourth-order valence-electron chi connectivity index (χ4n) is 4.07. The quantitative estimate of drug-likeness (QED) is 0.613. The summed E-state index contributed by atoms with van der Waals surface area (Å²) in [7, 11) is 0. The van der Waals surface area contributed by atoms with Crippen molar-refractivity contribution in [3.05, 3.63) is 53.6 Å². The maximum absolute atomic E-state index is 9.63. The molecule has 6 nitrogen and oxygen atoms in total. The summed E-state index contributed by atoms with van der Waals surface area (Å²) >= 11 is 1.26. The van der Waals surface area contributed by atoms with Crippen molar-refractivity contribution in [3.8, 4) is 5.75 Å². The van der Waals surface area contributed by atoms with Gasteiger partial charge in [-0.05, 0) is 37.1 Å². The summed E-state index contributed by atoms with van der Waals surface area (Å²) in [4.78, 5) is 4.96. The van der Waals surface area contributed by atoms with Crippen molar-refractivity contribution >= 4 is 22.8 Å². The number of benzene rings is 2. The first-order chi connectivity index (χ1) is 14.3. The number of hydrogen-bond donors (Lipinski definition) is 1. The fraction of sp³-hybridized carbons (Fsp3) is 0.455. The second-order valence-electron chi connectivity index (χ2n) is 7.50. The van der Waals surface area contributed by atoms with Crippen LogP contribution in [-0.2, 0) is 13.1 Å². The molecule has 4 rings (SSSR count). The minimum atomic E-state index is 0.207. The standard InChI is InChI=1S/C22H28N4O2S/c1-2-28-22-6-4-3-5-18(22)15-26-11-10-25(16-19(26)9-12-27)14-17-7-8-20-21(13-17)24-29-23-20/h3-8,13,19,27H,2,9-12,14-16H2,1H3. The van der Waals surface area contributed by atoms with Gasteiger partial charge in [-0.25, -0.2) is 0 Å². The van der Waals surface area contributed by atoms with Gasteiger partial charge >= 0.3 is 0 Å². The van der Waals surface area contributed by atoms with Crippen LogP contribution >= 0.6 is 11.7 Å². The zero-order chi connectivity index (χ0) is 20.1. The predicted octanol–water partition coefficient (Wildman–Crippen LogP) is 3.16. The molecule has 0 radical (unpaired) electrons. The molecule has 0 amide bonds. The summed E-state index contributed by atoms with van der Waals surface area (Å²) in [6, 6.07) is 14.9. The molecule has 7 heteroatoms. The highest BCUT2D eigenvalue weighted by Crippen LogP contribution is 2.24. The number of hydrogen-bond acceptors (Lipinski definition) is 7. The number of piperazine rings is 1. The van der Waals surface area contributed by atoms with Crippen molar-refractivity contribution in [1.29, 1.82) is 0 Å². The molecular formula is C22H28N4O2S. The summed E-state index contributed by atoms with van der Waals surface area (Å²) in [5, 5.41) is 9.63. The van der Waals surface area contributed by atoms with Crippen molar-refractivity contribution < 1.29 is 9.84 Å². The first kappa shape index (κ1) is 20.2. The predicted molar refractivity (Wildman–Crippen MR) is 116 cm³/mol. The lowest BCUT2D eigenvalue weighted by atomic mass is 10.1. The van der Waals surface area contributed by atoms with E-state index in [1.165, 1.54) is 22.9 Å². The molecule has 1 aliphatic heterocycles. The second-order valence-corrected chi connectivity index (χ2v) is 8.03. The molecule has 0 bridgehead atoms. The molecule has 0 saturated carbocycles. The van der Waals surface area contributed by atoms with Crippen molar-refractivity contribution in [2.24, 2.45) is 0 Å². The SMILES string of the molecule is CCOc1ccccc1CN1CCN(Cc2ccc3nsnc3c2)CC1CCO. The summed E-state index contributed by atoms with van der Waals surface area (Å²) in [6.45, 7) is 7.58. The van der Waals surface area contributed by atoms with Crippen LogP contribution in [0, 0.1) is 0 Å². The molecule has 0 aliphatic carbocycles. The van der Waals surface area contributed by atoms with Crippen LogP contribution in [0.25, 0.3) is 11.0 Å². The van der Waals surface area contributed by atoms with E-state index >= 15 is 0 Å². The number of ether oxygens (including phenoxy) is 1. The Labute approximate surface area is 176 Å². The maximum Gasteiger partial charge on any atom is 0.123 e. The molecule has 154 valence electrons. The highest BCUT2D eigenvalue weighted by Gasteiger charge is 2.27. The summed E-state index contributed by atoms with van der Waals surface area (Å²) in [5.74, 6) is 0.963. The van der Waals surface area contributed by atoms with Crippen molar-refractivity contribution in [2.75, 3.05) is 32.8 Å². The van der Waals surface area contributed by atoms with Crippen LogP contribution in [0.3, 0.4) is 0 Å². The average molecular weight is 413 g/mol. The van der Waals surface area contributed by atoms with Gasteiger partial charge in [0, 0.05) is 50.9 Å². The van der Waals surface area contributed by atoms with Gasteiger partial charge in [0.15, 0.2) is 0 Å². The van der Waals surface area contributed by atoms with Gasteiger partial charge in [-0.3, -0.25) is 9.80 Å². The van der Waals surface area contributed by atoms with Gasteiger partial charge in [0.2, 0.25) is 0 Å². The molecule has 1 saturated heterocycles. The highest BCUT2D eigenvalue weighted by molar-refractivity contribution is 7.00. The third kappa shape index (κ3) is 4.93. The Kier molecular flexibility index (Phi) is 6.71. The lowest BCUT2D eigenvalue weighted by molar-refractivity contribution is 0.0494. The molecule has 1 fully saturated rings. The number of fused-ring (bicyclic) bond motifs is 1. The van der Waals surface area contributed by atoms with E-state index in [9.17, 15) is 5.11 Å². The molecule has 2 heterocycles. The van der Waals surface area contributed by atoms with E-state index in [4.69, 9.17) is 4.74 Å². The van der Waals surface area contributed by atoms with Crippen LogP contribution < -0.4 is 4.74 Å². The fourth-order valence-corrected chi connectivity index (χ4v) is 4.58. The van der Waals surface area contributed by atoms with E-state index in [0.29, 0.717) is 12.6 Å². The van der Waals surface area contributed by atoms with Crippen LogP contribution in [0.4, 0.5) is 0 Å². The number of para-hydroxylation sites is 1. The molecule has 1 aliphatic rings. The zero-order valence-electron chi connectivity index (χ0n) is 16.8. The lowest BCUT2D eigenvalue weighted by Crippen LogP contribution is -2.52. The van der Waals surface area contributed by atoms with Crippen molar-refractivity contribution in [1.82, 2.24) is 18.5 Å². The third-order valence-electron chi connectivity index (χ3n) is 5.52.